The average molecular weight is 455 g/mol. The van der Waals surface area contributed by atoms with Gasteiger partial charge in [-0.15, -0.1) is 0 Å². The lowest BCUT2D eigenvalue weighted by Crippen LogP contribution is -2.39. The van der Waals surface area contributed by atoms with Crippen LogP contribution in [0.2, 0.25) is 5.02 Å². The van der Waals surface area contributed by atoms with Crippen LogP contribution in [0, 0.1) is 5.82 Å². The Bertz CT molecular complexity index is 1120. The van der Waals surface area contributed by atoms with E-state index in [4.69, 9.17) is 21.1 Å². The van der Waals surface area contributed by atoms with Gasteiger partial charge >= 0.3 is 0 Å². The Morgan fingerprint density at radius 2 is 1.94 bits per heavy atom. The van der Waals surface area contributed by atoms with Gasteiger partial charge in [-0.1, -0.05) is 35.9 Å². The number of carbonyl (C=O) groups excluding carboxylic acids is 2. The molecule has 32 heavy (non-hydrogen) atoms. The van der Waals surface area contributed by atoms with Crippen LogP contribution in [0.4, 0.5) is 15.8 Å². The van der Waals surface area contributed by atoms with Gasteiger partial charge in [0, 0.05) is 12.2 Å². The van der Waals surface area contributed by atoms with Crippen molar-refractivity contribution in [1.29, 1.82) is 0 Å². The van der Waals surface area contributed by atoms with E-state index in [9.17, 15) is 14.0 Å². The molecule has 1 aliphatic rings. The first-order chi connectivity index (χ1) is 15.5. The number of benzene rings is 3. The lowest BCUT2D eigenvalue weighted by atomic mass is 10.1. The first-order valence-electron chi connectivity index (χ1n) is 10.0. The highest BCUT2D eigenvalue weighted by Gasteiger charge is 2.26. The van der Waals surface area contributed by atoms with E-state index in [-0.39, 0.29) is 23.1 Å². The standard InChI is InChI=1S/C24H20ClFN2O4/c25-18-8-4-9-19(26)23(18)24(30)27-16-10-11-21-20(14-16)28(22(29)15-32-21)12-5-13-31-17-6-2-1-3-7-17/h1-4,6-11,14H,5,12-13,15H2,(H,27,30). The number of hydrogen-bond acceptors (Lipinski definition) is 4. The molecular weight excluding hydrogens is 435 g/mol. The molecule has 0 atom stereocenters. The summed E-state index contributed by atoms with van der Waals surface area (Å²) in [6.45, 7) is 0.786. The second-order valence-electron chi connectivity index (χ2n) is 7.08. The third-order valence-corrected chi connectivity index (χ3v) is 5.20. The van der Waals surface area contributed by atoms with Gasteiger partial charge in [0.1, 0.15) is 17.3 Å². The van der Waals surface area contributed by atoms with E-state index >= 15 is 0 Å². The molecule has 0 aliphatic carbocycles. The molecule has 0 aromatic heterocycles. The van der Waals surface area contributed by atoms with Gasteiger partial charge < -0.3 is 19.7 Å². The van der Waals surface area contributed by atoms with Crippen molar-refractivity contribution < 1.29 is 23.5 Å². The summed E-state index contributed by atoms with van der Waals surface area (Å²) in [5.41, 5.74) is 0.671. The summed E-state index contributed by atoms with van der Waals surface area (Å²) in [6.07, 6.45) is 0.599. The Morgan fingerprint density at radius 1 is 1.12 bits per heavy atom. The maximum atomic E-state index is 14.1. The molecule has 1 aliphatic heterocycles. The fraction of sp³-hybridized carbons (Fsp3) is 0.167. The van der Waals surface area contributed by atoms with Crippen LogP contribution in [0.5, 0.6) is 11.5 Å². The number of ether oxygens (including phenoxy) is 2. The predicted molar refractivity (Wildman–Crippen MR) is 120 cm³/mol. The zero-order valence-corrected chi connectivity index (χ0v) is 17.8. The Morgan fingerprint density at radius 3 is 2.72 bits per heavy atom. The van der Waals surface area contributed by atoms with Crippen molar-refractivity contribution >= 4 is 34.8 Å². The molecule has 1 heterocycles. The van der Waals surface area contributed by atoms with Gasteiger partial charge in [0.05, 0.1) is 22.9 Å². The van der Waals surface area contributed by atoms with E-state index < -0.39 is 11.7 Å². The van der Waals surface area contributed by atoms with Crippen molar-refractivity contribution in [2.45, 2.75) is 6.42 Å². The molecule has 4 rings (SSSR count). The highest BCUT2D eigenvalue weighted by Crippen LogP contribution is 2.35. The third kappa shape index (κ3) is 4.84. The molecule has 8 heteroatoms. The number of anilines is 2. The molecule has 0 fully saturated rings. The third-order valence-electron chi connectivity index (χ3n) is 4.89. The first-order valence-corrected chi connectivity index (χ1v) is 10.4. The summed E-state index contributed by atoms with van der Waals surface area (Å²) in [6, 6.07) is 18.4. The summed E-state index contributed by atoms with van der Waals surface area (Å²) < 4.78 is 25.3. The number of hydrogen-bond donors (Lipinski definition) is 1. The molecule has 0 unspecified atom stereocenters. The molecular formula is C24H20ClFN2O4. The molecule has 6 nitrogen and oxygen atoms in total. The quantitative estimate of drug-likeness (QED) is 0.514. The molecule has 164 valence electrons. The van der Waals surface area contributed by atoms with Gasteiger partial charge in [0.15, 0.2) is 6.61 Å². The summed E-state index contributed by atoms with van der Waals surface area (Å²) in [7, 11) is 0. The van der Waals surface area contributed by atoms with Crippen molar-refractivity contribution in [2.75, 3.05) is 30.0 Å². The number of amides is 2. The SMILES string of the molecule is O=C(Nc1ccc2c(c1)N(CCCOc1ccccc1)C(=O)CO2)c1c(F)cccc1Cl. The van der Waals surface area contributed by atoms with Crippen molar-refractivity contribution in [1.82, 2.24) is 0 Å². The van der Waals surface area contributed by atoms with Gasteiger partial charge in [0.2, 0.25) is 0 Å². The van der Waals surface area contributed by atoms with Crippen LogP contribution in [0.25, 0.3) is 0 Å². The average Bonchev–Trinajstić information content (AvgIpc) is 2.78. The Hall–Kier alpha value is -3.58. The van der Waals surface area contributed by atoms with E-state index in [0.29, 0.717) is 36.7 Å². The smallest absolute Gasteiger partial charge is 0.265 e. The number of halogens is 2. The second-order valence-corrected chi connectivity index (χ2v) is 7.49. The normalized spacial score (nSPS) is 12.7. The van der Waals surface area contributed by atoms with Crippen molar-refractivity contribution in [3.63, 3.8) is 0 Å². The second kappa shape index (κ2) is 9.70. The van der Waals surface area contributed by atoms with Crippen molar-refractivity contribution in [2.24, 2.45) is 0 Å². The van der Waals surface area contributed by atoms with E-state index in [0.717, 1.165) is 5.75 Å². The lowest BCUT2D eigenvalue weighted by molar-refractivity contribution is -0.121. The molecule has 0 spiro atoms. The van der Waals surface area contributed by atoms with E-state index in [2.05, 4.69) is 5.32 Å². The fourth-order valence-corrected chi connectivity index (χ4v) is 3.61. The van der Waals surface area contributed by atoms with Crippen LogP contribution in [-0.2, 0) is 4.79 Å². The monoisotopic (exact) mass is 454 g/mol. The largest absolute Gasteiger partial charge is 0.494 e. The molecule has 3 aromatic rings. The fourth-order valence-electron chi connectivity index (χ4n) is 3.36. The zero-order chi connectivity index (χ0) is 22.5. The summed E-state index contributed by atoms with van der Waals surface area (Å²) in [5.74, 6) is -0.309. The minimum Gasteiger partial charge on any atom is -0.494 e. The summed E-state index contributed by atoms with van der Waals surface area (Å²) in [4.78, 5) is 26.6. The van der Waals surface area contributed by atoms with Gasteiger partial charge in [0.25, 0.3) is 11.8 Å². The summed E-state index contributed by atoms with van der Waals surface area (Å²) in [5, 5.41) is 2.65. The topological polar surface area (TPSA) is 67.9 Å². The number of carbonyl (C=O) groups is 2. The van der Waals surface area contributed by atoms with Gasteiger partial charge in [-0.05, 0) is 48.9 Å². The highest BCUT2D eigenvalue weighted by atomic mass is 35.5. The minimum atomic E-state index is -0.716. The number of nitrogens with zero attached hydrogens (tertiary/aromatic N) is 1. The molecule has 2 amide bonds. The van der Waals surface area contributed by atoms with E-state index in [1.165, 1.54) is 18.2 Å². The molecule has 3 aromatic carbocycles. The van der Waals surface area contributed by atoms with Gasteiger partial charge in [-0.2, -0.15) is 0 Å². The van der Waals surface area contributed by atoms with Gasteiger partial charge in [-0.3, -0.25) is 9.59 Å². The highest BCUT2D eigenvalue weighted by molar-refractivity contribution is 6.34. The van der Waals surface area contributed by atoms with Crippen molar-refractivity contribution in [3.05, 3.63) is 83.1 Å². The van der Waals surface area contributed by atoms with Crippen molar-refractivity contribution in [3.8, 4) is 11.5 Å². The molecule has 0 radical (unpaired) electrons. The van der Waals surface area contributed by atoms with E-state index in [1.54, 1.807) is 23.1 Å². The lowest BCUT2D eigenvalue weighted by Gasteiger charge is -2.30. The number of nitrogens with one attached hydrogen (secondary N) is 1. The molecule has 0 bridgehead atoms. The Labute approximate surface area is 189 Å². The van der Waals surface area contributed by atoms with E-state index in [1.807, 2.05) is 30.3 Å². The predicted octanol–water partition coefficient (Wildman–Crippen LogP) is 4.93. The number of para-hydroxylation sites is 1. The number of rotatable bonds is 7. The van der Waals surface area contributed by atoms with Crippen LogP contribution in [0.15, 0.2) is 66.7 Å². The maximum Gasteiger partial charge on any atom is 0.265 e. The van der Waals surface area contributed by atoms with Crippen LogP contribution in [0.1, 0.15) is 16.8 Å². The minimum absolute atomic E-state index is 0.0130. The molecule has 0 saturated carbocycles. The Balaban J connectivity index is 1.46. The van der Waals surface area contributed by atoms with Crippen LogP contribution in [-0.4, -0.2) is 31.6 Å². The molecule has 1 N–H and O–H groups in total. The zero-order valence-electron chi connectivity index (χ0n) is 17.0. The van der Waals surface area contributed by atoms with Gasteiger partial charge in [-0.25, -0.2) is 4.39 Å². The van der Waals surface area contributed by atoms with Crippen LogP contribution < -0.4 is 19.7 Å². The molecule has 0 saturated heterocycles. The number of fused-ring (bicyclic) bond motifs is 1. The van der Waals surface area contributed by atoms with Crippen LogP contribution in [0.3, 0.4) is 0 Å². The first kappa shape index (κ1) is 21.6. The summed E-state index contributed by atoms with van der Waals surface area (Å²) >= 11 is 5.98. The Kier molecular flexibility index (Phi) is 6.56. The van der Waals surface area contributed by atoms with Crippen LogP contribution >= 0.6 is 11.6 Å². The maximum absolute atomic E-state index is 14.1.